The SMILES string of the molecule is COc1cc(Cl)cc2cc(C(=O)N3CCCC(=O)N4CCC[C@H]4C(=O)N[C@@H](C)c4nc(-c5ccccc5)nn4CC3)oc12. The number of carbonyl (C=O) groups is 3. The molecule has 0 radical (unpaired) electrons. The van der Waals surface area contributed by atoms with E-state index in [0.717, 1.165) is 12.0 Å². The summed E-state index contributed by atoms with van der Waals surface area (Å²) in [5.74, 6) is 1.07. The lowest BCUT2D eigenvalue weighted by Crippen LogP contribution is -2.47. The molecule has 2 atom stereocenters. The number of nitrogens with zero attached hydrogens (tertiary/aromatic N) is 5. The molecule has 224 valence electrons. The van der Waals surface area contributed by atoms with Gasteiger partial charge in [-0.05, 0) is 38.3 Å². The molecule has 2 aromatic carbocycles. The lowest BCUT2D eigenvalue weighted by molar-refractivity contribution is -0.138. The Hall–Kier alpha value is -4.38. The lowest BCUT2D eigenvalue weighted by Gasteiger charge is -2.27. The molecule has 43 heavy (non-hydrogen) atoms. The number of methoxy groups -OCH3 is 1. The lowest BCUT2D eigenvalue weighted by atomic mass is 10.1. The minimum absolute atomic E-state index is 0.0904. The molecule has 3 amide bonds. The number of furan rings is 1. The summed E-state index contributed by atoms with van der Waals surface area (Å²) < 4.78 is 13.1. The van der Waals surface area contributed by atoms with E-state index in [0.29, 0.717) is 65.9 Å². The molecule has 0 unspecified atom stereocenters. The molecule has 0 bridgehead atoms. The monoisotopic (exact) mass is 604 g/mol. The van der Waals surface area contributed by atoms with Crippen LogP contribution in [0.4, 0.5) is 0 Å². The number of hydrogen-bond donors (Lipinski definition) is 1. The van der Waals surface area contributed by atoms with Crippen LogP contribution in [-0.4, -0.2) is 75.1 Å². The van der Waals surface area contributed by atoms with Gasteiger partial charge in [0.25, 0.3) is 5.91 Å². The Bertz CT molecular complexity index is 1670. The van der Waals surface area contributed by atoms with Crippen LogP contribution >= 0.6 is 11.6 Å². The van der Waals surface area contributed by atoms with Gasteiger partial charge in [-0.25, -0.2) is 9.67 Å². The van der Waals surface area contributed by atoms with Crippen molar-refractivity contribution in [1.29, 1.82) is 0 Å². The first kappa shape index (κ1) is 28.7. The minimum atomic E-state index is -0.530. The van der Waals surface area contributed by atoms with Crippen LogP contribution in [0, 0.1) is 0 Å². The van der Waals surface area contributed by atoms with E-state index < -0.39 is 12.1 Å². The number of ether oxygens (including phenoxy) is 1. The highest BCUT2D eigenvalue weighted by Crippen LogP contribution is 2.33. The quantitative estimate of drug-likeness (QED) is 0.366. The molecule has 0 saturated carbocycles. The fourth-order valence-electron chi connectivity index (χ4n) is 5.85. The van der Waals surface area contributed by atoms with Crippen molar-refractivity contribution in [3.05, 3.63) is 65.1 Å². The minimum Gasteiger partial charge on any atom is -0.493 e. The normalized spacial score (nSPS) is 20.0. The van der Waals surface area contributed by atoms with Crippen LogP contribution in [0.1, 0.15) is 55.0 Å². The zero-order valence-corrected chi connectivity index (χ0v) is 24.8. The molecule has 12 heteroatoms. The number of carbonyl (C=O) groups excluding carboxylic acids is 3. The van der Waals surface area contributed by atoms with Crippen molar-refractivity contribution in [2.45, 2.75) is 51.2 Å². The highest BCUT2D eigenvalue weighted by molar-refractivity contribution is 6.31. The van der Waals surface area contributed by atoms with Crippen molar-refractivity contribution in [2.75, 3.05) is 26.7 Å². The van der Waals surface area contributed by atoms with Crippen LogP contribution in [0.2, 0.25) is 5.02 Å². The number of rotatable bonds is 3. The molecule has 2 aliphatic heterocycles. The summed E-state index contributed by atoms with van der Waals surface area (Å²) in [6, 6.07) is 13.6. The Morgan fingerprint density at radius 3 is 2.67 bits per heavy atom. The maximum atomic E-state index is 13.9. The first-order valence-corrected chi connectivity index (χ1v) is 14.9. The molecular weight excluding hydrogens is 572 g/mol. The van der Waals surface area contributed by atoms with Gasteiger partial charge in [-0.3, -0.25) is 14.4 Å². The molecular formula is C31H33ClN6O5. The molecule has 1 saturated heterocycles. The summed E-state index contributed by atoms with van der Waals surface area (Å²) in [4.78, 5) is 48.5. The van der Waals surface area contributed by atoms with Gasteiger partial charge in [0, 0.05) is 48.1 Å². The molecule has 11 nitrogen and oxygen atoms in total. The van der Waals surface area contributed by atoms with Gasteiger partial charge < -0.3 is 24.3 Å². The Morgan fingerprint density at radius 1 is 1.07 bits per heavy atom. The predicted octanol–water partition coefficient (Wildman–Crippen LogP) is 4.46. The largest absolute Gasteiger partial charge is 0.493 e. The Kier molecular flexibility index (Phi) is 8.07. The molecule has 0 aliphatic carbocycles. The van der Waals surface area contributed by atoms with Crippen molar-refractivity contribution in [3.63, 3.8) is 0 Å². The number of aromatic nitrogens is 3. The predicted molar refractivity (Wildman–Crippen MR) is 160 cm³/mol. The summed E-state index contributed by atoms with van der Waals surface area (Å²) in [7, 11) is 1.51. The summed E-state index contributed by atoms with van der Waals surface area (Å²) in [6.45, 7) is 3.30. The zero-order chi connectivity index (χ0) is 30.1. The average molecular weight is 605 g/mol. The zero-order valence-electron chi connectivity index (χ0n) is 24.1. The highest BCUT2D eigenvalue weighted by atomic mass is 35.5. The Morgan fingerprint density at radius 2 is 1.88 bits per heavy atom. The van der Waals surface area contributed by atoms with Gasteiger partial charge in [0.15, 0.2) is 22.9 Å². The second kappa shape index (κ2) is 12.1. The molecule has 2 aromatic heterocycles. The van der Waals surface area contributed by atoms with Crippen molar-refractivity contribution < 1.29 is 23.5 Å². The van der Waals surface area contributed by atoms with Gasteiger partial charge in [-0.15, -0.1) is 0 Å². The third-order valence-electron chi connectivity index (χ3n) is 8.02. The molecule has 4 aromatic rings. The molecule has 1 fully saturated rings. The third kappa shape index (κ3) is 5.81. The van der Waals surface area contributed by atoms with E-state index >= 15 is 0 Å². The molecule has 2 aliphatic rings. The van der Waals surface area contributed by atoms with Crippen LogP contribution in [-0.2, 0) is 16.1 Å². The summed E-state index contributed by atoms with van der Waals surface area (Å²) >= 11 is 6.24. The van der Waals surface area contributed by atoms with Gasteiger partial charge in [0.05, 0.1) is 19.7 Å². The first-order chi connectivity index (χ1) is 20.8. The second-order valence-corrected chi connectivity index (χ2v) is 11.3. The standard InChI is InChI=1S/C31H33ClN6O5/c1-19-29-34-28(20-8-4-3-5-9-20)35-38(29)15-14-36(12-7-11-26(39)37-13-6-10-23(37)30(40)33-19)31(41)25-17-21-16-22(32)18-24(42-2)27(21)43-25/h3-5,8-9,16-19,23H,6-7,10-15H2,1-2H3,(H,33,40)/t19-,23-/m0/s1. The fraction of sp³-hybridized carbons (Fsp3) is 0.387. The van der Waals surface area contributed by atoms with Gasteiger partial charge in [-0.1, -0.05) is 41.9 Å². The molecule has 1 N–H and O–H groups in total. The van der Waals surface area contributed by atoms with Crippen LogP contribution in [0.3, 0.4) is 0 Å². The van der Waals surface area contributed by atoms with Crippen LogP contribution in [0.5, 0.6) is 5.75 Å². The van der Waals surface area contributed by atoms with Gasteiger partial charge in [0.1, 0.15) is 11.9 Å². The van der Waals surface area contributed by atoms with Gasteiger partial charge in [-0.2, -0.15) is 5.10 Å². The third-order valence-corrected chi connectivity index (χ3v) is 8.24. The van der Waals surface area contributed by atoms with Crippen molar-refractivity contribution in [3.8, 4) is 17.1 Å². The summed E-state index contributed by atoms with van der Waals surface area (Å²) in [6.07, 6.45) is 2.02. The van der Waals surface area contributed by atoms with Gasteiger partial charge in [0.2, 0.25) is 11.8 Å². The van der Waals surface area contributed by atoms with E-state index in [9.17, 15) is 14.4 Å². The van der Waals surface area contributed by atoms with Crippen molar-refractivity contribution >= 4 is 40.3 Å². The second-order valence-electron chi connectivity index (χ2n) is 10.9. The van der Waals surface area contributed by atoms with E-state index in [1.807, 2.05) is 37.3 Å². The Labute approximate surface area is 253 Å². The van der Waals surface area contributed by atoms with Crippen LogP contribution in [0.25, 0.3) is 22.4 Å². The van der Waals surface area contributed by atoms with E-state index in [1.165, 1.54) is 7.11 Å². The van der Waals surface area contributed by atoms with Crippen LogP contribution < -0.4 is 10.1 Å². The van der Waals surface area contributed by atoms with E-state index in [-0.39, 0.29) is 36.4 Å². The summed E-state index contributed by atoms with van der Waals surface area (Å²) in [5, 5.41) is 8.96. The first-order valence-electron chi connectivity index (χ1n) is 14.5. The number of halogens is 1. The summed E-state index contributed by atoms with van der Waals surface area (Å²) in [5.41, 5.74) is 1.28. The van der Waals surface area contributed by atoms with E-state index in [4.69, 9.17) is 30.8 Å². The fourth-order valence-corrected chi connectivity index (χ4v) is 6.07. The molecule has 0 spiro atoms. The Balaban J connectivity index is 1.35. The maximum Gasteiger partial charge on any atom is 0.289 e. The van der Waals surface area contributed by atoms with Gasteiger partial charge >= 0.3 is 0 Å². The molecule has 6 rings (SSSR count). The molecule has 4 heterocycles. The van der Waals surface area contributed by atoms with Crippen LogP contribution in [0.15, 0.2) is 52.9 Å². The van der Waals surface area contributed by atoms with Crippen molar-refractivity contribution in [1.82, 2.24) is 29.9 Å². The smallest absolute Gasteiger partial charge is 0.289 e. The average Bonchev–Trinajstić information content (AvgIpc) is 3.76. The number of fused-ring (bicyclic) bond motifs is 3. The maximum absolute atomic E-state index is 13.9. The highest BCUT2D eigenvalue weighted by Gasteiger charge is 2.35. The number of nitrogens with one attached hydrogen (secondary N) is 1. The van der Waals surface area contributed by atoms with Crippen molar-refractivity contribution in [2.24, 2.45) is 0 Å². The van der Waals surface area contributed by atoms with E-state index in [2.05, 4.69) is 5.32 Å². The topological polar surface area (TPSA) is 123 Å². The number of amides is 3. The van der Waals surface area contributed by atoms with E-state index in [1.54, 1.807) is 32.7 Å². The number of hydrogen-bond acceptors (Lipinski definition) is 7. The number of benzene rings is 2.